The summed E-state index contributed by atoms with van der Waals surface area (Å²) in [5.41, 5.74) is 7.47. The van der Waals surface area contributed by atoms with E-state index in [0.29, 0.717) is 24.2 Å². The van der Waals surface area contributed by atoms with Crippen LogP contribution in [0.2, 0.25) is 0 Å². The highest BCUT2D eigenvalue weighted by Gasteiger charge is 2.39. The van der Waals surface area contributed by atoms with Crippen LogP contribution < -0.4 is 0 Å². The Morgan fingerprint density at radius 3 is 2.61 bits per heavy atom. The van der Waals surface area contributed by atoms with Gasteiger partial charge in [0.15, 0.2) is 0 Å². The molecule has 0 amide bonds. The highest BCUT2D eigenvalue weighted by Crippen LogP contribution is 2.46. The highest BCUT2D eigenvalue weighted by atomic mass is 16.1. The lowest BCUT2D eigenvalue weighted by atomic mass is 9.77. The SMILES string of the molecule is O=C1CCN2CC3c4ccccc4CCc4cccc(c43)C2C1. The molecule has 0 saturated carbocycles. The average molecular weight is 303 g/mol. The maximum Gasteiger partial charge on any atom is 0.136 e. The molecule has 2 atom stereocenters. The van der Waals surface area contributed by atoms with Gasteiger partial charge in [-0.3, -0.25) is 9.69 Å². The van der Waals surface area contributed by atoms with E-state index >= 15 is 0 Å². The Kier molecular flexibility index (Phi) is 2.96. The summed E-state index contributed by atoms with van der Waals surface area (Å²) in [6.07, 6.45) is 3.68. The van der Waals surface area contributed by atoms with E-state index in [1.807, 2.05) is 0 Å². The van der Waals surface area contributed by atoms with Gasteiger partial charge in [-0.1, -0.05) is 42.5 Å². The number of nitrogens with zero attached hydrogens (tertiary/aromatic N) is 1. The summed E-state index contributed by atoms with van der Waals surface area (Å²) < 4.78 is 0. The van der Waals surface area contributed by atoms with Gasteiger partial charge in [0.05, 0.1) is 0 Å². The molecule has 1 aliphatic carbocycles. The van der Waals surface area contributed by atoms with E-state index in [9.17, 15) is 4.79 Å². The zero-order valence-electron chi connectivity index (χ0n) is 13.3. The lowest BCUT2D eigenvalue weighted by molar-refractivity contribution is -0.123. The minimum absolute atomic E-state index is 0.313. The third-order valence-corrected chi connectivity index (χ3v) is 5.99. The van der Waals surface area contributed by atoms with E-state index in [2.05, 4.69) is 47.4 Å². The summed E-state index contributed by atoms with van der Waals surface area (Å²) in [5.74, 6) is 0.903. The molecule has 0 bridgehead atoms. The average Bonchev–Trinajstić information content (AvgIpc) is 2.74. The number of hydrogen-bond donors (Lipinski definition) is 0. The van der Waals surface area contributed by atoms with E-state index in [-0.39, 0.29) is 0 Å². The number of rotatable bonds is 0. The Hall–Kier alpha value is -1.93. The maximum atomic E-state index is 12.0. The minimum atomic E-state index is 0.313. The van der Waals surface area contributed by atoms with Gasteiger partial charge < -0.3 is 0 Å². The first-order chi connectivity index (χ1) is 11.3. The number of fused-ring (bicyclic) bond motifs is 4. The molecule has 0 N–H and O–H groups in total. The first-order valence-electron chi connectivity index (χ1n) is 8.76. The van der Waals surface area contributed by atoms with Crippen molar-refractivity contribution in [3.05, 3.63) is 70.3 Å². The molecule has 23 heavy (non-hydrogen) atoms. The van der Waals surface area contributed by atoms with Gasteiger partial charge in [-0.2, -0.15) is 0 Å². The van der Waals surface area contributed by atoms with Gasteiger partial charge in [0, 0.05) is 37.9 Å². The summed E-state index contributed by atoms with van der Waals surface area (Å²) in [4.78, 5) is 14.6. The Morgan fingerprint density at radius 1 is 0.870 bits per heavy atom. The normalized spacial score (nSPS) is 26.0. The van der Waals surface area contributed by atoms with E-state index in [1.165, 1.54) is 27.8 Å². The van der Waals surface area contributed by atoms with E-state index in [0.717, 1.165) is 32.4 Å². The second-order valence-electron chi connectivity index (χ2n) is 7.17. The summed E-state index contributed by atoms with van der Waals surface area (Å²) in [5, 5.41) is 0. The predicted molar refractivity (Wildman–Crippen MR) is 90.7 cm³/mol. The molecule has 0 radical (unpaired) electrons. The van der Waals surface area contributed by atoms with Gasteiger partial charge >= 0.3 is 0 Å². The van der Waals surface area contributed by atoms with Crippen LogP contribution in [0, 0.1) is 0 Å². The molecule has 2 nitrogen and oxygen atoms in total. The Labute approximate surface area is 137 Å². The van der Waals surface area contributed by atoms with Crippen LogP contribution in [0.15, 0.2) is 42.5 Å². The Morgan fingerprint density at radius 2 is 1.65 bits per heavy atom. The zero-order valence-corrected chi connectivity index (χ0v) is 13.3. The van der Waals surface area contributed by atoms with E-state index in [1.54, 1.807) is 0 Å². The fourth-order valence-electron chi connectivity index (χ4n) is 4.91. The van der Waals surface area contributed by atoms with Gasteiger partial charge in [0.1, 0.15) is 5.78 Å². The Balaban J connectivity index is 1.72. The molecule has 5 rings (SSSR count). The third kappa shape index (κ3) is 2.01. The van der Waals surface area contributed by atoms with Gasteiger partial charge in [-0.05, 0) is 40.7 Å². The van der Waals surface area contributed by atoms with Gasteiger partial charge in [0.25, 0.3) is 0 Å². The molecule has 2 aromatic rings. The largest absolute Gasteiger partial charge is 0.300 e. The van der Waals surface area contributed by atoms with Crippen molar-refractivity contribution >= 4 is 5.78 Å². The monoisotopic (exact) mass is 303 g/mol. The van der Waals surface area contributed by atoms with Crippen molar-refractivity contribution in [3.63, 3.8) is 0 Å². The van der Waals surface area contributed by atoms with Crippen molar-refractivity contribution in [1.29, 1.82) is 0 Å². The fraction of sp³-hybridized carbons (Fsp3) is 0.381. The molecule has 116 valence electrons. The summed E-state index contributed by atoms with van der Waals surface area (Å²) in [6, 6.07) is 16.1. The summed E-state index contributed by atoms with van der Waals surface area (Å²) >= 11 is 0. The number of aryl methyl sites for hydroxylation is 2. The molecule has 2 heteroatoms. The van der Waals surface area contributed by atoms with Gasteiger partial charge in [-0.25, -0.2) is 0 Å². The van der Waals surface area contributed by atoms with Gasteiger partial charge in [0.2, 0.25) is 0 Å². The van der Waals surface area contributed by atoms with E-state index < -0.39 is 0 Å². The van der Waals surface area contributed by atoms with Crippen LogP contribution >= 0.6 is 0 Å². The van der Waals surface area contributed by atoms with Crippen molar-refractivity contribution in [3.8, 4) is 0 Å². The number of ketones is 1. The standard InChI is InChI=1S/C21H21NO/c23-16-10-11-22-13-19-17-6-2-1-4-14(17)8-9-15-5-3-7-18(21(15)19)20(22)12-16/h1-7,19-20H,8-13H2. The molecule has 0 spiro atoms. The molecule has 0 aromatic heterocycles. The smallest absolute Gasteiger partial charge is 0.136 e. The fourth-order valence-corrected chi connectivity index (χ4v) is 4.91. The van der Waals surface area contributed by atoms with Crippen molar-refractivity contribution in [2.24, 2.45) is 0 Å². The second kappa shape index (κ2) is 5.04. The molecule has 2 unspecified atom stereocenters. The quantitative estimate of drug-likeness (QED) is 0.740. The third-order valence-electron chi connectivity index (χ3n) is 5.99. The molecule has 1 saturated heterocycles. The van der Waals surface area contributed by atoms with Crippen LogP contribution in [0.3, 0.4) is 0 Å². The molecular formula is C21H21NO. The molecule has 2 heterocycles. The van der Waals surface area contributed by atoms with Crippen LogP contribution in [0.5, 0.6) is 0 Å². The molecule has 1 fully saturated rings. The number of piperidine rings is 1. The number of carbonyl (C=O) groups is 1. The van der Waals surface area contributed by atoms with Crippen molar-refractivity contribution in [2.75, 3.05) is 13.1 Å². The van der Waals surface area contributed by atoms with Crippen LogP contribution in [0.4, 0.5) is 0 Å². The molecule has 3 aliphatic rings. The zero-order chi connectivity index (χ0) is 15.4. The number of Topliss-reactive ketones (excluding diaryl/α,β-unsaturated/α-hetero) is 1. The second-order valence-corrected chi connectivity index (χ2v) is 7.17. The molecule has 2 aromatic carbocycles. The Bertz CT molecular complexity index is 794. The summed E-state index contributed by atoms with van der Waals surface area (Å²) in [7, 11) is 0. The molecule has 2 aliphatic heterocycles. The van der Waals surface area contributed by atoms with Crippen molar-refractivity contribution in [1.82, 2.24) is 4.90 Å². The summed E-state index contributed by atoms with van der Waals surface area (Å²) in [6.45, 7) is 1.99. The maximum absolute atomic E-state index is 12.0. The highest BCUT2D eigenvalue weighted by molar-refractivity contribution is 5.80. The number of carbonyl (C=O) groups excluding carboxylic acids is 1. The lowest BCUT2D eigenvalue weighted by Gasteiger charge is -2.44. The molecular weight excluding hydrogens is 282 g/mol. The number of hydrogen-bond acceptors (Lipinski definition) is 2. The van der Waals surface area contributed by atoms with Crippen LogP contribution in [0.25, 0.3) is 0 Å². The first kappa shape index (κ1) is 13.5. The number of benzene rings is 2. The van der Waals surface area contributed by atoms with E-state index in [4.69, 9.17) is 0 Å². The van der Waals surface area contributed by atoms with Crippen molar-refractivity contribution < 1.29 is 4.79 Å². The topological polar surface area (TPSA) is 20.3 Å². The predicted octanol–water partition coefficient (Wildman–Crippen LogP) is 3.64. The first-order valence-corrected chi connectivity index (χ1v) is 8.76. The van der Waals surface area contributed by atoms with Crippen LogP contribution in [-0.4, -0.2) is 23.8 Å². The van der Waals surface area contributed by atoms with Crippen molar-refractivity contribution in [2.45, 2.75) is 37.6 Å². The van der Waals surface area contributed by atoms with Gasteiger partial charge in [-0.15, -0.1) is 0 Å². The lowest BCUT2D eigenvalue weighted by Crippen LogP contribution is -2.43. The van der Waals surface area contributed by atoms with Crippen LogP contribution in [-0.2, 0) is 17.6 Å². The van der Waals surface area contributed by atoms with Crippen LogP contribution in [0.1, 0.15) is 52.6 Å². The minimum Gasteiger partial charge on any atom is -0.300 e.